The Morgan fingerprint density at radius 2 is 1.88 bits per heavy atom. The van der Waals surface area contributed by atoms with E-state index in [0.717, 1.165) is 37.9 Å². The van der Waals surface area contributed by atoms with Gasteiger partial charge in [0.05, 0.1) is 5.60 Å². The third-order valence-electron chi connectivity index (χ3n) is 4.22. The number of methoxy groups -OCH3 is 1. The maximum Gasteiger partial charge on any atom is 0.123 e. The summed E-state index contributed by atoms with van der Waals surface area (Å²) in [6, 6.07) is 6.78. The third-order valence-corrected chi connectivity index (χ3v) is 4.22. The Labute approximate surface area is 147 Å². The van der Waals surface area contributed by atoms with Crippen LogP contribution in [-0.4, -0.2) is 24.2 Å². The lowest BCUT2D eigenvalue weighted by molar-refractivity contribution is 0.0493. The highest BCUT2D eigenvalue weighted by atomic mass is 19.1. The molecule has 2 rings (SSSR count). The molecule has 0 aromatic heterocycles. The van der Waals surface area contributed by atoms with Crippen LogP contribution in [0.25, 0.3) is 0 Å². The van der Waals surface area contributed by atoms with E-state index in [-0.39, 0.29) is 11.4 Å². The maximum atomic E-state index is 13.1. The van der Waals surface area contributed by atoms with E-state index in [0.29, 0.717) is 0 Å². The second-order valence-corrected chi connectivity index (χ2v) is 6.08. The highest BCUT2D eigenvalue weighted by Gasteiger charge is 2.23. The van der Waals surface area contributed by atoms with Gasteiger partial charge >= 0.3 is 0 Å². The molecule has 0 radical (unpaired) electrons. The van der Waals surface area contributed by atoms with E-state index < -0.39 is 0 Å². The van der Waals surface area contributed by atoms with Gasteiger partial charge in [-0.1, -0.05) is 51.5 Å². The SMILES string of the molecule is CC.CCCCN(Cc1ccc(F)cc1)C1=CCC(C)(OC)C=C1. The van der Waals surface area contributed by atoms with Crippen molar-refractivity contribution in [2.24, 2.45) is 0 Å². The molecule has 1 aliphatic rings. The molecule has 0 saturated carbocycles. The van der Waals surface area contributed by atoms with Gasteiger partial charge in [-0.05, 0) is 37.1 Å². The van der Waals surface area contributed by atoms with Gasteiger partial charge in [-0.2, -0.15) is 0 Å². The maximum absolute atomic E-state index is 13.1. The number of allylic oxidation sites excluding steroid dienone is 1. The average molecular weight is 333 g/mol. The lowest BCUT2D eigenvalue weighted by atomic mass is 9.95. The quantitative estimate of drug-likeness (QED) is 0.634. The summed E-state index contributed by atoms with van der Waals surface area (Å²) >= 11 is 0. The van der Waals surface area contributed by atoms with Gasteiger partial charge < -0.3 is 9.64 Å². The lowest BCUT2D eigenvalue weighted by Gasteiger charge is -2.32. The Morgan fingerprint density at radius 1 is 1.21 bits per heavy atom. The molecule has 134 valence electrons. The second-order valence-electron chi connectivity index (χ2n) is 6.08. The highest BCUT2D eigenvalue weighted by Crippen LogP contribution is 2.26. The zero-order valence-corrected chi connectivity index (χ0v) is 15.8. The molecule has 3 heteroatoms. The number of ether oxygens (including phenoxy) is 1. The van der Waals surface area contributed by atoms with Gasteiger partial charge in [0, 0.05) is 32.3 Å². The Hall–Kier alpha value is -1.61. The van der Waals surface area contributed by atoms with Gasteiger partial charge in [0.25, 0.3) is 0 Å². The summed E-state index contributed by atoms with van der Waals surface area (Å²) in [6.07, 6.45) is 9.70. The Balaban J connectivity index is 0.00000139. The summed E-state index contributed by atoms with van der Waals surface area (Å²) in [4.78, 5) is 2.36. The first-order valence-electron chi connectivity index (χ1n) is 9.00. The third kappa shape index (κ3) is 6.12. The monoisotopic (exact) mass is 333 g/mol. The molecule has 0 fully saturated rings. The zero-order valence-electron chi connectivity index (χ0n) is 15.8. The highest BCUT2D eigenvalue weighted by molar-refractivity contribution is 5.28. The summed E-state index contributed by atoms with van der Waals surface area (Å²) in [5.41, 5.74) is 2.16. The van der Waals surface area contributed by atoms with E-state index in [9.17, 15) is 4.39 Å². The van der Waals surface area contributed by atoms with Crippen molar-refractivity contribution in [2.75, 3.05) is 13.7 Å². The minimum Gasteiger partial charge on any atom is -0.374 e. The molecule has 0 N–H and O–H groups in total. The van der Waals surface area contributed by atoms with Crippen LogP contribution in [0.2, 0.25) is 0 Å². The van der Waals surface area contributed by atoms with Crippen molar-refractivity contribution in [2.45, 2.75) is 59.1 Å². The standard InChI is InChI=1S/C19H26FNO.C2H6/c1-4-5-14-21(15-16-6-8-17(20)9-7-16)18-10-12-19(2,22-3)13-11-18;1-2/h6-12H,4-5,13-15H2,1-3H3;1-2H3. The normalized spacial score (nSPS) is 19.3. The van der Waals surface area contributed by atoms with Crippen molar-refractivity contribution in [1.29, 1.82) is 0 Å². The van der Waals surface area contributed by atoms with Gasteiger partial charge in [0.1, 0.15) is 5.82 Å². The number of hydrogen-bond donors (Lipinski definition) is 0. The van der Waals surface area contributed by atoms with Crippen LogP contribution in [0.15, 0.2) is 48.2 Å². The van der Waals surface area contributed by atoms with Crippen molar-refractivity contribution in [1.82, 2.24) is 4.90 Å². The molecule has 1 aromatic rings. The van der Waals surface area contributed by atoms with Crippen molar-refractivity contribution >= 4 is 0 Å². The minimum absolute atomic E-state index is 0.184. The number of unbranched alkanes of at least 4 members (excludes halogenated alkanes) is 1. The fourth-order valence-corrected chi connectivity index (χ4v) is 2.55. The van der Waals surface area contributed by atoms with Crippen LogP contribution >= 0.6 is 0 Å². The molecule has 0 aliphatic heterocycles. The van der Waals surface area contributed by atoms with Gasteiger partial charge in [0.15, 0.2) is 0 Å². The van der Waals surface area contributed by atoms with Crippen LogP contribution in [0, 0.1) is 5.82 Å². The van der Waals surface area contributed by atoms with E-state index in [1.807, 2.05) is 26.0 Å². The van der Waals surface area contributed by atoms with Crippen molar-refractivity contribution in [3.63, 3.8) is 0 Å². The first-order chi connectivity index (χ1) is 11.6. The fraction of sp³-hybridized carbons (Fsp3) is 0.524. The summed E-state index contributed by atoms with van der Waals surface area (Å²) in [7, 11) is 1.75. The van der Waals surface area contributed by atoms with Gasteiger partial charge in [0.2, 0.25) is 0 Å². The first-order valence-corrected chi connectivity index (χ1v) is 9.00. The Kier molecular flexibility index (Phi) is 8.77. The van der Waals surface area contributed by atoms with Crippen LogP contribution in [0.3, 0.4) is 0 Å². The van der Waals surface area contributed by atoms with E-state index in [1.165, 1.54) is 17.8 Å². The number of benzene rings is 1. The van der Waals surface area contributed by atoms with Crippen LogP contribution < -0.4 is 0 Å². The minimum atomic E-state index is -0.199. The topological polar surface area (TPSA) is 12.5 Å². The van der Waals surface area contributed by atoms with Crippen LogP contribution in [0.5, 0.6) is 0 Å². The Bertz CT molecular complexity index is 535. The largest absolute Gasteiger partial charge is 0.374 e. The van der Waals surface area contributed by atoms with Crippen molar-refractivity contribution in [3.8, 4) is 0 Å². The summed E-state index contributed by atoms with van der Waals surface area (Å²) in [5.74, 6) is -0.184. The van der Waals surface area contributed by atoms with E-state index >= 15 is 0 Å². The predicted octanol–water partition coefficient (Wildman–Crippen LogP) is 5.70. The van der Waals surface area contributed by atoms with Gasteiger partial charge in [-0.3, -0.25) is 0 Å². The smallest absolute Gasteiger partial charge is 0.123 e. The Morgan fingerprint density at radius 3 is 2.38 bits per heavy atom. The van der Waals surface area contributed by atoms with Crippen molar-refractivity contribution < 1.29 is 9.13 Å². The molecule has 0 heterocycles. The van der Waals surface area contributed by atoms with E-state index in [1.54, 1.807) is 7.11 Å². The summed E-state index contributed by atoms with van der Waals surface area (Å²) < 4.78 is 18.6. The van der Waals surface area contributed by atoms with E-state index in [4.69, 9.17) is 4.74 Å². The number of rotatable bonds is 7. The number of halogens is 1. The number of nitrogens with zero attached hydrogens (tertiary/aromatic N) is 1. The molecule has 0 saturated heterocycles. The summed E-state index contributed by atoms with van der Waals surface area (Å²) in [6.45, 7) is 10.1. The second kappa shape index (κ2) is 10.3. The van der Waals surface area contributed by atoms with Gasteiger partial charge in [-0.25, -0.2) is 4.39 Å². The molecule has 0 bridgehead atoms. The predicted molar refractivity (Wildman–Crippen MR) is 100 cm³/mol. The molecule has 1 aliphatic carbocycles. The molecule has 0 amide bonds. The summed E-state index contributed by atoms with van der Waals surface area (Å²) in [5, 5.41) is 0. The first kappa shape index (κ1) is 20.4. The molecule has 1 aromatic carbocycles. The zero-order chi connectivity index (χ0) is 18.0. The molecule has 24 heavy (non-hydrogen) atoms. The fourth-order valence-electron chi connectivity index (χ4n) is 2.55. The van der Waals surface area contributed by atoms with Crippen LogP contribution in [0.1, 0.15) is 52.5 Å². The molecular formula is C21H32FNO. The molecule has 1 atom stereocenters. The van der Waals surface area contributed by atoms with Crippen LogP contribution in [-0.2, 0) is 11.3 Å². The molecule has 1 unspecified atom stereocenters. The number of hydrogen-bond acceptors (Lipinski definition) is 2. The van der Waals surface area contributed by atoms with Gasteiger partial charge in [-0.15, -0.1) is 0 Å². The molecular weight excluding hydrogens is 301 g/mol. The van der Waals surface area contributed by atoms with Crippen LogP contribution in [0.4, 0.5) is 4.39 Å². The lowest BCUT2D eigenvalue weighted by Crippen LogP contribution is -2.29. The van der Waals surface area contributed by atoms with E-state index in [2.05, 4.69) is 37.0 Å². The molecule has 0 spiro atoms. The van der Waals surface area contributed by atoms with Crippen molar-refractivity contribution in [3.05, 3.63) is 59.6 Å². The average Bonchev–Trinajstić information content (AvgIpc) is 2.63. The molecule has 2 nitrogen and oxygen atoms in total.